The average Bonchev–Trinajstić information content (AvgIpc) is 3.20. The van der Waals surface area contributed by atoms with E-state index < -0.39 is 6.04 Å². The van der Waals surface area contributed by atoms with Crippen molar-refractivity contribution in [3.8, 4) is 11.5 Å². The van der Waals surface area contributed by atoms with Gasteiger partial charge in [0.2, 0.25) is 0 Å². The van der Waals surface area contributed by atoms with Crippen molar-refractivity contribution >= 4 is 17.7 Å². The Labute approximate surface area is 184 Å². The van der Waals surface area contributed by atoms with Gasteiger partial charge >= 0.3 is 0 Å². The largest absolute Gasteiger partial charge is 0.360 e. The molecule has 9 heteroatoms. The van der Waals surface area contributed by atoms with E-state index in [1.54, 1.807) is 30.1 Å². The predicted molar refractivity (Wildman–Crippen MR) is 119 cm³/mol. The summed E-state index contributed by atoms with van der Waals surface area (Å²) in [6.45, 7) is 2.16. The van der Waals surface area contributed by atoms with Crippen LogP contribution in [0, 0.1) is 5.92 Å². The molecule has 2 unspecified atom stereocenters. The molecule has 0 spiro atoms. The van der Waals surface area contributed by atoms with Crippen LogP contribution < -0.4 is 10.9 Å². The fourth-order valence-corrected chi connectivity index (χ4v) is 4.26. The van der Waals surface area contributed by atoms with E-state index in [-0.39, 0.29) is 11.5 Å². The van der Waals surface area contributed by atoms with Crippen LogP contribution in [0.4, 0.5) is 0 Å². The van der Waals surface area contributed by atoms with Crippen LogP contribution in [0.25, 0.3) is 11.5 Å². The summed E-state index contributed by atoms with van der Waals surface area (Å²) in [6, 6.07) is 6.40. The van der Waals surface area contributed by atoms with Crippen LogP contribution in [0.2, 0.25) is 0 Å². The summed E-state index contributed by atoms with van der Waals surface area (Å²) in [4.78, 5) is 37.0. The molecule has 3 aromatic heterocycles. The Morgan fingerprint density at radius 2 is 2.29 bits per heavy atom. The molecule has 1 aliphatic carbocycles. The number of carbonyl (C=O) groups excluding carboxylic acids is 1. The number of thioether (sulfide) groups is 1. The zero-order chi connectivity index (χ0) is 21.8. The van der Waals surface area contributed by atoms with Gasteiger partial charge in [-0.3, -0.25) is 14.6 Å². The number of aromatic amines is 1. The molecule has 0 aliphatic heterocycles. The minimum atomic E-state index is -0.432. The van der Waals surface area contributed by atoms with E-state index in [1.807, 2.05) is 12.3 Å². The topological polar surface area (TPSA) is 114 Å². The van der Waals surface area contributed by atoms with Gasteiger partial charge in [-0.05, 0) is 49.3 Å². The second-order valence-electron chi connectivity index (χ2n) is 7.82. The number of hydrogen-bond donors (Lipinski definition) is 2. The van der Waals surface area contributed by atoms with Gasteiger partial charge in [-0.2, -0.15) is 11.8 Å². The van der Waals surface area contributed by atoms with Crippen LogP contribution in [-0.4, -0.2) is 38.0 Å². The van der Waals surface area contributed by atoms with Crippen molar-refractivity contribution in [1.82, 2.24) is 25.4 Å². The maximum atomic E-state index is 13.1. The number of nitrogens with one attached hydrogen (secondary N) is 2. The summed E-state index contributed by atoms with van der Waals surface area (Å²) < 4.78 is 5.43. The maximum Gasteiger partial charge on any atom is 0.274 e. The number of aromatic nitrogens is 4. The molecule has 0 saturated carbocycles. The number of H-pyrrole nitrogens is 1. The average molecular weight is 440 g/mol. The quantitative estimate of drug-likeness (QED) is 0.581. The number of nitrogens with zero attached hydrogens (tertiary/aromatic N) is 3. The third kappa shape index (κ3) is 4.87. The standard InChI is InChI=1S/C22H25N5O3S/c1-13-6-7-18-14(11-13)20(27-30-18)22(29)25-15(8-10-31-2)17-12-19(28)26-21(24-17)16-5-3-4-9-23-16/h3-5,9,12-13,15H,6-8,10-11H2,1-2H3,(H,25,29)(H,24,26,28). The lowest BCUT2D eigenvalue weighted by Crippen LogP contribution is -2.32. The van der Waals surface area contributed by atoms with Gasteiger partial charge < -0.3 is 14.8 Å². The highest BCUT2D eigenvalue weighted by molar-refractivity contribution is 7.98. The Hall–Kier alpha value is -2.94. The Balaban J connectivity index is 1.63. The Morgan fingerprint density at radius 3 is 3.06 bits per heavy atom. The Bertz CT molecular complexity index is 1110. The van der Waals surface area contributed by atoms with Crippen LogP contribution >= 0.6 is 11.8 Å². The Morgan fingerprint density at radius 1 is 1.42 bits per heavy atom. The Kier molecular flexibility index (Phi) is 6.50. The van der Waals surface area contributed by atoms with E-state index in [9.17, 15) is 9.59 Å². The summed E-state index contributed by atoms with van der Waals surface area (Å²) in [5, 5.41) is 7.08. The SMILES string of the molecule is CSCCC(NC(=O)c1noc2c1CC(C)CC2)c1cc(=O)[nH]c(-c2ccccn2)n1. The highest BCUT2D eigenvalue weighted by atomic mass is 32.2. The summed E-state index contributed by atoms with van der Waals surface area (Å²) >= 11 is 1.67. The van der Waals surface area contributed by atoms with E-state index in [0.29, 0.717) is 35.2 Å². The normalized spacial score (nSPS) is 16.5. The number of fused-ring (bicyclic) bond motifs is 1. The molecule has 3 aromatic rings. The molecule has 4 rings (SSSR count). The number of aryl methyl sites for hydroxylation is 1. The lowest BCUT2D eigenvalue weighted by Gasteiger charge is -2.19. The van der Waals surface area contributed by atoms with E-state index in [4.69, 9.17) is 4.52 Å². The monoisotopic (exact) mass is 439 g/mol. The maximum absolute atomic E-state index is 13.1. The molecule has 1 amide bonds. The molecule has 0 radical (unpaired) electrons. The van der Waals surface area contributed by atoms with Crippen molar-refractivity contribution in [2.75, 3.05) is 12.0 Å². The number of carbonyl (C=O) groups is 1. The summed E-state index contributed by atoms with van der Waals surface area (Å²) in [5.74, 6) is 2.16. The molecule has 0 fully saturated rings. The molecule has 0 saturated heterocycles. The van der Waals surface area contributed by atoms with Crippen LogP contribution in [-0.2, 0) is 12.8 Å². The van der Waals surface area contributed by atoms with Crippen LogP contribution in [0.1, 0.15) is 53.3 Å². The lowest BCUT2D eigenvalue weighted by molar-refractivity contribution is 0.0925. The van der Waals surface area contributed by atoms with Crippen molar-refractivity contribution in [1.29, 1.82) is 0 Å². The van der Waals surface area contributed by atoms with Gasteiger partial charge in [-0.1, -0.05) is 18.1 Å². The fourth-order valence-electron chi connectivity index (χ4n) is 3.79. The summed E-state index contributed by atoms with van der Waals surface area (Å²) in [5.41, 5.74) is 2.01. The molecule has 31 heavy (non-hydrogen) atoms. The summed E-state index contributed by atoms with van der Waals surface area (Å²) in [6.07, 6.45) is 6.89. The first-order valence-corrected chi connectivity index (χ1v) is 11.7. The van der Waals surface area contributed by atoms with Crippen LogP contribution in [0.5, 0.6) is 0 Å². The van der Waals surface area contributed by atoms with Crippen molar-refractivity contribution in [2.24, 2.45) is 5.92 Å². The first kappa shape index (κ1) is 21.3. The zero-order valence-corrected chi connectivity index (χ0v) is 18.4. The third-order valence-corrected chi connectivity index (χ3v) is 6.09. The van der Waals surface area contributed by atoms with Crippen LogP contribution in [0.3, 0.4) is 0 Å². The molecule has 1 aliphatic rings. The van der Waals surface area contributed by atoms with Crippen LogP contribution in [0.15, 0.2) is 39.8 Å². The lowest BCUT2D eigenvalue weighted by atomic mass is 9.88. The highest BCUT2D eigenvalue weighted by Crippen LogP contribution is 2.28. The molecule has 8 nitrogen and oxygen atoms in total. The second kappa shape index (κ2) is 9.47. The number of amides is 1. The minimum absolute atomic E-state index is 0.290. The molecule has 2 atom stereocenters. The minimum Gasteiger partial charge on any atom is -0.360 e. The van der Waals surface area contributed by atoms with Gasteiger partial charge in [0.15, 0.2) is 11.5 Å². The molecule has 3 heterocycles. The second-order valence-corrected chi connectivity index (χ2v) is 8.81. The number of pyridine rings is 1. The molecule has 0 aromatic carbocycles. The predicted octanol–water partition coefficient (Wildman–Crippen LogP) is 3.17. The van der Waals surface area contributed by atoms with Gasteiger partial charge in [-0.25, -0.2) is 4.98 Å². The van der Waals surface area contributed by atoms with Crippen molar-refractivity contribution in [3.63, 3.8) is 0 Å². The third-order valence-electron chi connectivity index (χ3n) is 5.44. The molecular formula is C22H25N5O3S. The van der Waals surface area contributed by atoms with E-state index in [2.05, 4.69) is 32.3 Å². The molecule has 0 bridgehead atoms. The van der Waals surface area contributed by atoms with E-state index in [0.717, 1.165) is 36.3 Å². The van der Waals surface area contributed by atoms with Crippen molar-refractivity contribution < 1.29 is 9.32 Å². The van der Waals surface area contributed by atoms with E-state index in [1.165, 1.54) is 6.07 Å². The van der Waals surface area contributed by atoms with Crippen molar-refractivity contribution in [3.05, 3.63) is 63.5 Å². The van der Waals surface area contributed by atoms with Gasteiger partial charge in [0.05, 0.1) is 11.7 Å². The molecular weight excluding hydrogens is 414 g/mol. The number of hydrogen-bond acceptors (Lipinski definition) is 7. The smallest absolute Gasteiger partial charge is 0.274 e. The molecule has 2 N–H and O–H groups in total. The molecule has 162 valence electrons. The first-order valence-electron chi connectivity index (χ1n) is 10.3. The van der Waals surface area contributed by atoms with Crippen molar-refractivity contribution in [2.45, 2.75) is 38.6 Å². The number of rotatable bonds is 7. The van der Waals surface area contributed by atoms with Gasteiger partial charge in [-0.15, -0.1) is 0 Å². The van der Waals surface area contributed by atoms with Gasteiger partial charge in [0.25, 0.3) is 11.5 Å². The fraction of sp³-hybridized carbons (Fsp3) is 0.409. The summed E-state index contributed by atoms with van der Waals surface area (Å²) in [7, 11) is 0. The van der Waals surface area contributed by atoms with Gasteiger partial charge in [0, 0.05) is 24.2 Å². The first-order chi connectivity index (χ1) is 15.0. The van der Waals surface area contributed by atoms with E-state index >= 15 is 0 Å². The highest BCUT2D eigenvalue weighted by Gasteiger charge is 2.28. The van der Waals surface area contributed by atoms with Gasteiger partial charge in [0.1, 0.15) is 11.5 Å². The zero-order valence-electron chi connectivity index (χ0n) is 17.6.